The summed E-state index contributed by atoms with van der Waals surface area (Å²) in [6, 6.07) is 0. The Morgan fingerprint density at radius 3 is 3.00 bits per heavy atom. The lowest BCUT2D eigenvalue weighted by atomic mass is 10.5. The van der Waals surface area contributed by atoms with Crippen LogP contribution < -0.4 is 11.1 Å². The Hall–Kier alpha value is -0.880. The molecule has 0 aliphatic rings. The van der Waals surface area contributed by atoms with Crippen molar-refractivity contribution in [3.8, 4) is 12.3 Å². The second-order valence-corrected chi connectivity index (χ2v) is 2.38. The molecule has 2 nitrogen and oxygen atoms in total. The maximum absolute atomic E-state index is 5.15. The first kappa shape index (κ1) is 8.12. The van der Waals surface area contributed by atoms with Crippen LogP contribution in [0.4, 0.5) is 0 Å². The number of hydrogen-bond donors (Lipinski definition) is 2. The zero-order valence-corrected chi connectivity index (χ0v) is 5.82. The number of amidine groups is 1. The van der Waals surface area contributed by atoms with Gasteiger partial charge in [0, 0.05) is 5.75 Å². The molecule has 4 N–H and O–H groups in total. The van der Waals surface area contributed by atoms with Gasteiger partial charge >= 0.3 is 0 Å². The van der Waals surface area contributed by atoms with Gasteiger partial charge in [0.25, 0.3) is 5.17 Å². The minimum atomic E-state index is 0.372. The van der Waals surface area contributed by atoms with E-state index in [0.29, 0.717) is 5.17 Å². The zero-order valence-electron chi connectivity index (χ0n) is 5.00. The number of hydrogen-bond acceptors (Lipinski definition) is 1. The van der Waals surface area contributed by atoms with Crippen molar-refractivity contribution in [2.24, 2.45) is 5.73 Å². The molecular formula is C6H9N2S+. The standard InChI is InChI=1S/C6H8N2S/c1-2-3-4-5-9-6(7)8/h1,3-4H,5H2,(H3,7,8)/p+1/b4-3+. The Kier molecular flexibility index (Phi) is 4.75. The average Bonchev–Trinajstić information content (AvgIpc) is 1.80. The van der Waals surface area contributed by atoms with Gasteiger partial charge in [-0.2, -0.15) is 0 Å². The van der Waals surface area contributed by atoms with Crippen LogP contribution in [-0.2, 0) is 0 Å². The predicted molar refractivity (Wildman–Crippen MR) is 41.6 cm³/mol. The monoisotopic (exact) mass is 141 g/mol. The molecule has 0 aliphatic carbocycles. The Balaban J connectivity index is 3.22. The van der Waals surface area contributed by atoms with Crippen LogP contribution in [0.25, 0.3) is 0 Å². The molecule has 48 valence electrons. The number of terminal acetylenes is 1. The molecule has 0 bridgehead atoms. The minimum Gasteiger partial charge on any atom is -0.282 e. The zero-order chi connectivity index (χ0) is 7.11. The van der Waals surface area contributed by atoms with E-state index in [-0.39, 0.29) is 0 Å². The largest absolute Gasteiger partial charge is 0.300 e. The van der Waals surface area contributed by atoms with Crippen molar-refractivity contribution in [1.29, 1.82) is 0 Å². The Labute approximate surface area is 59.0 Å². The quantitative estimate of drug-likeness (QED) is 0.294. The number of thioether (sulfide) groups is 1. The Morgan fingerprint density at radius 2 is 2.56 bits per heavy atom. The molecule has 0 unspecified atom stereocenters. The van der Waals surface area contributed by atoms with Crippen LogP contribution in [0.2, 0.25) is 0 Å². The molecule has 0 aromatic carbocycles. The van der Waals surface area contributed by atoms with Crippen LogP contribution in [0, 0.1) is 12.3 Å². The summed E-state index contributed by atoms with van der Waals surface area (Å²) in [7, 11) is 0. The second-order valence-electron chi connectivity index (χ2n) is 1.28. The van der Waals surface area contributed by atoms with Crippen molar-refractivity contribution in [3.63, 3.8) is 0 Å². The molecule has 9 heavy (non-hydrogen) atoms. The van der Waals surface area contributed by atoms with Crippen molar-refractivity contribution in [1.82, 2.24) is 0 Å². The number of nitrogens with two attached hydrogens (primary N) is 2. The second kappa shape index (κ2) is 5.26. The lowest BCUT2D eigenvalue weighted by molar-refractivity contribution is -0.110. The van der Waals surface area contributed by atoms with Crippen LogP contribution >= 0.6 is 11.8 Å². The highest BCUT2D eigenvalue weighted by atomic mass is 32.2. The van der Waals surface area contributed by atoms with Gasteiger partial charge in [-0.05, 0) is 17.8 Å². The maximum atomic E-state index is 5.15. The van der Waals surface area contributed by atoms with Crippen LogP contribution in [0.15, 0.2) is 12.2 Å². The summed E-state index contributed by atoms with van der Waals surface area (Å²) in [6.45, 7) is 0. The molecule has 0 radical (unpaired) electrons. The third-order valence-electron chi connectivity index (χ3n) is 0.560. The van der Waals surface area contributed by atoms with E-state index in [0.717, 1.165) is 5.75 Å². The molecule has 0 aliphatic heterocycles. The van der Waals surface area contributed by atoms with E-state index in [2.05, 4.69) is 5.92 Å². The molecule has 0 rings (SSSR count). The normalized spacial score (nSPS) is 9.22. The highest BCUT2D eigenvalue weighted by molar-refractivity contribution is 8.13. The van der Waals surface area contributed by atoms with Crippen molar-refractivity contribution in [2.75, 3.05) is 5.75 Å². The minimum absolute atomic E-state index is 0.372. The Bertz CT molecular complexity index is 155. The smallest absolute Gasteiger partial charge is 0.282 e. The van der Waals surface area contributed by atoms with Gasteiger partial charge in [0.05, 0.1) is 0 Å². The maximum Gasteiger partial charge on any atom is 0.300 e. The Morgan fingerprint density at radius 1 is 1.89 bits per heavy atom. The summed E-state index contributed by atoms with van der Waals surface area (Å²) in [5, 5.41) is 5.52. The third kappa shape index (κ3) is 7.12. The van der Waals surface area contributed by atoms with Crippen LogP contribution in [0.3, 0.4) is 0 Å². The van der Waals surface area contributed by atoms with Crippen LogP contribution in [-0.4, -0.2) is 10.9 Å². The van der Waals surface area contributed by atoms with E-state index in [1.165, 1.54) is 11.8 Å². The summed E-state index contributed by atoms with van der Waals surface area (Å²) in [5.41, 5.74) is 5.15. The first-order valence-electron chi connectivity index (χ1n) is 2.39. The molecule has 0 saturated carbocycles. The topological polar surface area (TPSA) is 51.6 Å². The van der Waals surface area contributed by atoms with Crippen LogP contribution in [0.1, 0.15) is 0 Å². The molecule has 0 spiro atoms. The van der Waals surface area contributed by atoms with Gasteiger partial charge in [0.1, 0.15) is 0 Å². The van der Waals surface area contributed by atoms with Crippen molar-refractivity contribution < 1.29 is 5.41 Å². The summed E-state index contributed by atoms with van der Waals surface area (Å²) in [5.74, 6) is 3.10. The fourth-order valence-corrected chi connectivity index (χ4v) is 0.645. The van der Waals surface area contributed by atoms with E-state index in [9.17, 15) is 0 Å². The van der Waals surface area contributed by atoms with E-state index in [1.807, 2.05) is 6.08 Å². The molecular weight excluding hydrogens is 132 g/mol. The predicted octanol–water partition coefficient (Wildman–Crippen LogP) is -1.02. The van der Waals surface area contributed by atoms with Crippen LogP contribution in [0.5, 0.6) is 0 Å². The first-order chi connectivity index (χ1) is 4.27. The van der Waals surface area contributed by atoms with E-state index >= 15 is 0 Å². The SMILES string of the molecule is C#C/C=C/CSC(N)=[NH2+]. The van der Waals surface area contributed by atoms with E-state index in [4.69, 9.17) is 17.6 Å². The molecule has 0 heterocycles. The van der Waals surface area contributed by atoms with Crippen molar-refractivity contribution >= 4 is 16.9 Å². The first-order valence-corrected chi connectivity index (χ1v) is 3.37. The van der Waals surface area contributed by atoms with E-state index < -0.39 is 0 Å². The summed E-state index contributed by atoms with van der Waals surface area (Å²) < 4.78 is 0. The summed E-state index contributed by atoms with van der Waals surface area (Å²) in [6.07, 6.45) is 8.37. The van der Waals surface area contributed by atoms with Gasteiger partial charge in [-0.15, -0.1) is 6.42 Å². The highest BCUT2D eigenvalue weighted by Crippen LogP contribution is 1.94. The van der Waals surface area contributed by atoms with Gasteiger partial charge < -0.3 is 0 Å². The molecule has 0 aromatic heterocycles. The van der Waals surface area contributed by atoms with Gasteiger partial charge in [0.2, 0.25) is 0 Å². The van der Waals surface area contributed by atoms with Gasteiger partial charge in [-0.3, -0.25) is 11.1 Å². The molecule has 0 fully saturated rings. The summed E-state index contributed by atoms with van der Waals surface area (Å²) >= 11 is 1.36. The van der Waals surface area contributed by atoms with E-state index in [1.54, 1.807) is 6.08 Å². The molecule has 0 amide bonds. The number of allylic oxidation sites excluding steroid dienone is 1. The molecule has 0 aromatic rings. The summed E-state index contributed by atoms with van der Waals surface area (Å²) in [4.78, 5) is 0. The fraction of sp³-hybridized carbons (Fsp3) is 0.167. The van der Waals surface area contributed by atoms with Gasteiger partial charge in [0.15, 0.2) is 0 Å². The highest BCUT2D eigenvalue weighted by Gasteiger charge is 1.89. The molecule has 0 saturated heterocycles. The van der Waals surface area contributed by atoms with Crippen molar-refractivity contribution in [3.05, 3.63) is 12.2 Å². The van der Waals surface area contributed by atoms with Gasteiger partial charge in [-0.1, -0.05) is 12.0 Å². The lowest BCUT2D eigenvalue weighted by Crippen LogP contribution is -2.43. The molecule has 3 heteroatoms. The number of rotatable bonds is 2. The third-order valence-corrected chi connectivity index (χ3v) is 1.25. The average molecular weight is 141 g/mol. The fourth-order valence-electron chi connectivity index (χ4n) is 0.260. The molecule has 0 atom stereocenters. The van der Waals surface area contributed by atoms with Crippen molar-refractivity contribution in [2.45, 2.75) is 0 Å². The lowest BCUT2D eigenvalue weighted by Gasteiger charge is -1.82. The van der Waals surface area contributed by atoms with Gasteiger partial charge in [-0.25, -0.2) is 0 Å².